The van der Waals surface area contributed by atoms with Gasteiger partial charge in [0.05, 0.1) is 13.2 Å². The number of rotatable bonds is 6. The van der Waals surface area contributed by atoms with Gasteiger partial charge in [0, 0.05) is 5.69 Å². The number of pyridine rings is 1. The first-order chi connectivity index (χ1) is 7.27. The lowest BCUT2D eigenvalue weighted by molar-refractivity contribution is 0.254. The molecule has 1 N–H and O–H groups in total. The molecule has 0 spiro atoms. The van der Waals surface area contributed by atoms with Gasteiger partial charge in [-0.1, -0.05) is 19.8 Å². The molecule has 0 fully saturated rings. The van der Waals surface area contributed by atoms with Crippen molar-refractivity contribution in [3.8, 4) is 5.75 Å². The van der Waals surface area contributed by atoms with Crippen molar-refractivity contribution in [3.05, 3.63) is 23.5 Å². The van der Waals surface area contributed by atoms with Gasteiger partial charge in [0.1, 0.15) is 11.4 Å². The fourth-order valence-corrected chi connectivity index (χ4v) is 1.38. The van der Waals surface area contributed by atoms with E-state index in [2.05, 4.69) is 11.9 Å². The maximum absolute atomic E-state index is 9.10. The zero-order chi connectivity index (χ0) is 11.1. The standard InChI is InChI=1S/C12H19NO2/c1-3-4-5-8-15-12-7-6-10(2)13-11(12)9-14/h6-7,14H,3-5,8-9H2,1-2H3. The molecule has 0 aliphatic heterocycles. The Balaban J connectivity index is 2.52. The highest BCUT2D eigenvalue weighted by atomic mass is 16.5. The van der Waals surface area contributed by atoms with E-state index in [0.717, 1.165) is 12.1 Å². The number of hydrogen-bond donors (Lipinski definition) is 1. The number of ether oxygens (including phenoxy) is 1. The van der Waals surface area contributed by atoms with Gasteiger partial charge in [-0.3, -0.25) is 4.98 Å². The minimum absolute atomic E-state index is 0.0647. The Morgan fingerprint density at radius 2 is 2.13 bits per heavy atom. The predicted molar refractivity (Wildman–Crippen MR) is 59.9 cm³/mol. The molecule has 0 unspecified atom stereocenters. The van der Waals surface area contributed by atoms with Gasteiger partial charge in [0.15, 0.2) is 0 Å². The van der Waals surface area contributed by atoms with Crippen molar-refractivity contribution < 1.29 is 9.84 Å². The average Bonchev–Trinajstić information content (AvgIpc) is 2.26. The quantitative estimate of drug-likeness (QED) is 0.732. The zero-order valence-corrected chi connectivity index (χ0v) is 9.49. The summed E-state index contributed by atoms with van der Waals surface area (Å²) in [4.78, 5) is 4.22. The molecule has 0 saturated carbocycles. The lowest BCUT2D eigenvalue weighted by Gasteiger charge is -2.09. The van der Waals surface area contributed by atoms with E-state index in [1.165, 1.54) is 12.8 Å². The third-order valence-electron chi connectivity index (χ3n) is 2.23. The van der Waals surface area contributed by atoms with Crippen molar-refractivity contribution >= 4 is 0 Å². The van der Waals surface area contributed by atoms with E-state index in [1.807, 2.05) is 19.1 Å². The minimum Gasteiger partial charge on any atom is -0.492 e. The van der Waals surface area contributed by atoms with E-state index >= 15 is 0 Å². The van der Waals surface area contributed by atoms with Crippen molar-refractivity contribution in [2.75, 3.05) is 6.61 Å². The van der Waals surface area contributed by atoms with Crippen LogP contribution in [-0.2, 0) is 6.61 Å². The molecule has 0 atom stereocenters. The van der Waals surface area contributed by atoms with E-state index in [9.17, 15) is 0 Å². The summed E-state index contributed by atoms with van der Waals surface area (Å²) in [5, 5.41) is 9.10. The van der Waals surface area contributed by atoms with Crippen LogP contribution in [0.5, 0.6) is 5.75 Å². The normalized spacial score (nSPS) is 10.3. The first-order valence-electron chi connectivity index (χ1n) is 5.48. The van der Waals surface area contributed by atoms with Crippen LogP contribution in [0.15, 0.2) is 12.1 Å². The van der Waals surface area contributed by atoms with Gasteiger partial charge in [-0.15, -0.1) is 0 Å². The topological polar surface area (TPSA) is 42.4 Å². The van der Waals surface area contributed by atoms with Crippen molar-refractivity contribution in [1.82, 2.24) is 4.98 Å². The molecule has 0 aromatic carbocycles. The molecule has 15 heavy (non-hydrogen) atoms. The highest BCUT2D eigenvalue weighted by Crippen LogP contribution is 2.17. The Morgan fingerprint density at radius 3 is 2.80 bits per heavy atom. The summed E-state index contributed by atoms with van der Waals surface area (Å²) in [6.45, 7) is 4.70. The van der Waals surface area contributed by atoms with Crippen LogP contribution in [0, 0.1) is 6.92 Å². The Labute approximate surface area is 91.1 Å². The highest BCUT2D eigenvalue weighted by molar-refractivity contribution is 5.28. The third kappa shape index (κ3) is 3.88. The van der Waals surface area contributed by atoms with Crippen LogP contribution in [0.25, 0.3) is 0 Å². The number of aliphatic hydroxyl groups is 1. The first kappa shape index (κ1) is 12.0. The van der Waals surface area contributed by atoms with Gasteiger partial charge >= 0.3 is 0 Å². The second-order valence-corrected chi connectivity index (χ2v) is 3.61. The molecule has 1 aromatic rings. The van der Waals surface area contributed by atoms with Gasteiger partial charge < -0.3 is 9.84 Å². The van der Waals surface area contributed by atoms with Crippen molar-refractivity contribution in [3.63, 3.8) is 0 Å². The SMILES string of the molecule is CCCCCOc1ccc(C)nc1CO. The second kappa shape index (κ2) is 6.40. The zero-order valence-electron chi connectivity index (χ0n) is 9.49. The number of aryl methyl sites for hydroxylation is 1. The van der Waals surface area contributed by atoms with Crippen molar-refractivity contribution in [2.24, 2.45) is 0 Å². The molecule has 0 saturated heterocycles. The van der Waals surface area contributed by atoms with Crippen LogP contribution < -0.4 is 4.74 Å². The molecular formula is C12H19NO2. The molecule has 84 valence electrons. The van der Waals surface area contributed by atoms with E-state index in [0.29, 0.717) is 18.1 Å². The predicted octanol–water partition coefficient (Wildman–Crippen LogP) is 2.45. The van der Waals surface area contributed by atoms with Crippen LogP contribution in [0.2, 0.25) is 0 Å². The van der Waals surface area contributed by atoms with E-state index < -0.39 is 0 Å². The molecule has 1 heterocycles. The number of nitrogens with zero attached hydrogens (tertiary/aromatic N) is 1. The van der Waals surface area contributed by atoms with Crippen LogP contribution >= 0.6 is 0 Å². The lowest BCUT2D eigenvalue weighted by atomic mass is 10.2. The number of aliphatic hydroxyl groups excluding tert-OH is 1. The fourth-order valence-electron chi connectivity index (χ4n) is 1.38. The van der Waals surface area contributed by atoms with Crippen molar-refractivity contribution in [1.29, 1.82) is 0 Å². The summed E-state index contributed by atoms with van der Waals surface area (Å²) in [5.74, 6) is 0.708. The van der Waals surface area contributed by atoms with Crippen LogP contribution in [0.1, 0.15) is 37.6 Å². The van der Waals surface area contributed by atoms with Crippen LogP contribution in [0.3, 0.4) is 0 Å². The molecule has 0 radical (unpaired) electrons. The van der Waals surface area contributed by atoms with Gasteiger partial charge in [-0.05, 0) is 25.5 Å². The Bertz CT molecular complexity index is 300. The fraction of sp³-hybridized carbons (Fsp3) is 0.583. The summed E-state index contributed by atoms with van der Waals surface area (Å²) in [6, 6.07) is 3.77. The smallest absolute Gasteiger partial charge is 0.143 e. The summed E-state index contributed by atoms with van der Waals surface area (Å²) in [5.41, 5.74) is 1.53. The maximum Gasteiger partial charge on any atom is 0.143 e. The molecule has 0 aliphatic rings. The molecule has 1 aromatic heterocycles. The number of aromatic nitrogens is 1. The Morgan fingerprint density at radius 1 is 1.33 bits per heavy atom. The lowest BCUT2D eigenvalue weighted by Crippen LogP contribution is -2.02. The van der Waals surface area contributed by atoms with Crippen molar-refractivity contribution in [2.45, 2.75) is 39.7 Å². The number of hydrogen-bond acceptors (Lipinski definition) is 3. The molecule has 0 amide bonds. The molecule has 0 aliphatic carbocycles. The highest BCUT2D eigenvalue weighted by Gasteiger charge is 2.04. The summed E-state index contributed by atoms with van der Waals surface area (Å²) >= 11 is 0. The molecule has 3 nitrogen and oxygen atoms in total. The van der Waals surface area contributed by atoms with Crippen LogP contribution in [-0.4, -0.2) is 16.7 Å². The van der Waals surface area contributed by atoms with Gasteiger partial charge in [-0.25, -0.2) is 0 Å². The Hall–Kier alpha value is -1.09. The molecular weight excluding hydrogens is 190 g/mol. The van der Waals surface area contributed by atoms with Gasteiger partial charge in [0.25, 0.3) is 0 Å². The average molecular weight is 209 g/mol. The molecule has 3 heteroatoms. The van der Waals surface area contributed by atoms with E-state index in [4.69, 9.17) is 9.84 Å². The second-order valence-electron chi connectivity index (χ2n) is 3.61. The molecule has 0 bridgehead atoms. The largest absolute Gasteiger partial charge is 0.492 e. The van der Waals surface area contributed by atoms with E-state index in [-0.39, 0.29) is 6.61 Å². The summed E-state index contributed by atoms with van der Waals surface area (Å²) in [6.07, 6.45) is 3.41. The van der Waals surface area contributed by atoms with E-state index in [1.54, 1.807) is 0 Å². The van der Waals surface area contributed by atoms with Gasteiger partial charge in [0.2, 0.25) is 0 Å². The Kier molecular flexibility index (Phi) is 5.12. The maximum atomic E-state index is 9.10. The van der Waals surface area contributed by atoms with Gasteiger partial charge in [-0.2, -0.15) is 0 Å². The third-order valence-corrected chi connectivity index (χ3v) is 2.23. The minimum atomic E-state index is -0.0647. The monoisotopic (exact) mass is 209 g/mol. The number of unbranched alkanes of at least 4 members (excludes halogenated alkanes) is 2. The first-order valence-corrected chi connectivity index (χ1v) is 5.48. The summed E-state index contributed by atoms with van der Waals surface area (Å²) < 4.78 is 5.56. The summed E-state index contributed by atoms with van der Waals surface area (Å²) in [7, 11) is 0. The molecule has 1 rings (SSSR count). The van der Waals surface area contributed by atoms with Crippen LogP contribution in [0.4, 0.5) is 0 Å².